The first-order chi connectivity index (χ1) is 6.00. The highest BCUT2D eigenvalue weighted by molar-refractivity contribution is 4.81. The molecule has 78 valence electrons. The van der Waals surface area contributed by atoms with Gasteiger partial charge in [0.25, 0.3) is 0 Å². The molecule has 0 unspecified atom stereocenters. The maximum absolute atomic E-state index is 6.14. The van der Waals surface area contributed by atoms with E-state index in [2.05, 4.69) is 25.7 Å². The molecule has 0 aromatic heterocycles. The van der Waals surface area contributed by atoms with Gasteiger partial charge in [0.1, 0.15) is 0 Å². The summed E-state index contributed by atoms with van der Waals surface area (Å²) in [7, 11) is 0. The number of hydrogen-bond donors (Lipinski definition) is 1. The third-order valence-corrected chi connectivity index (χ3v) is 3.02. The fourth-order valence-electron chi connectivity index (χ4n) is 1.69. The Balaban J connectivity index is 2.30. The smallest absolute Gasteiger partial charge is 0.0217 e. The molecule has 1 heterocycles. The summed E-state index contributed by atoms with van der Waals surface area (Å²) in [6.07, 6.45) is 4.12. The molecule has 0 spiro atoms. The van der Waals surface area contributed by atoms with Crippen LogP contribution < -0.4 is 5.73 Å². The summed E-state index contributed by atoms with van der Waals surface area (Å²) >= 11 is 0. The Morgan fingerprint density at radius 1 is 1.15 bits per heavy atom. The van der Waals surface area contributed by atoms with E-state index in [0.717, 1.165) is 6.54 Å². The third kappa shape index (κ3) is 3.65. The lowest BCUT2D eigenvalue weighted by atomic mass is 9.87. The van der Waals surface area contributed by atoms with Crippen molar-refractivity contribution < 1.29 is 0 Å². The largest absolute Gasteiger partial charge is 0.326 e. The lowest BCUT2D eigenvalue weighted by Gasteiger charge is -2.34. The van der Waals surface area contributed by atoms with Gasteiger partial charge in [-0.1, -0.05) is 27.2 Å². The van der Waals surface area contributed by atoms with Gasteiger partial charge in [0.05, 0.1) is 0 Å². The first-order valence-corrected chi connectivity index (χ1v) is 5.48. The molecule has 2 heteroatoms. The van der Waals surface area contributed by atoms with Gasteiger partial charge in [-0.2, -0.15) is 0 Å². The van der Waals surface area contributed by atoms with Crippen LogP contribution in [0.2, 0.25) is 0 Å². The van der Waals surface area contributed by atoms with E-state index in [-0.39, 0.29) is 5.41 Å². The van der Waals surface area contributed by atoms with Crippen molar-refractivity contribution in [1.29, 1.82) is 0 Å². The molecule has 1 aliphatic heterocycles. The number of piperidine rings is 1. The van der Waals surface area contributed by atoms with Gasteiger partial charge < -0.3 is 10.6 Å². The molecule has 0 aliphatic carbocycles. The molecule has 0 radical (unpaired) electrons. The second kappa shape index (κ2) is 4.43. The van der Waals surface area contributed by atoms with E-state index in [1.807, 2.05) is 0 Å². The normalized spacial score (nSPS) is 23.1. The van der Waals surface area contributed by atoms with Gasteiger partial charge in [-0.3, -0.25) is 0 Å². The Hall–Kier alpha value is -0.0800. The summed E-state index contributed by atoms with van der Waals surface area (Å²) in [5.41, 5.74) is 6.39. The topological polar surface area (TPSA) is 29.3 Å². The molecular formula is C11H24N2. The summed E-state index contributed by atoms with van der Waals surface area (Å²) in [4.78, 5) is 2.51. The maximum Gasteiger partial charge on any atom is 0.0217 e. The molecule has 2 nitrogen and oxygen atoms in total. The SMILES string of the molecule is CC(C)(C)[C@H](N)CN1CCCCC1. The monoisotopic (exact) mass is 184 g/mol. The van der Waals surface area contributed by atoms with Gasteiger partial charge in [0.2, 0.25) is 0 Å². The summed E-state index contributed by atoms with van der Waals surface area (Å²) in [6, 6.07) is 0.311. The molecule has 0 aromatic rings. The van der Waals surface area contributed by atoms with Crippen LogP contribution in [-0.2, 0) is 0 Å². The highest BCUT2D eigenvalue weighted by atomic mass is 15.1. The zero-order valence-corrected chi connectivity index (χ0v) is 9.34. The van der Waals surface area contributed by atoms with Crippen LogP contribution in [0, 0.1) is 5.41 Å². The average Bonchev–Trinajstić information content (AvgIpc) is 2.04. The van der Waals surface area contributed by atoms with Gasteiger partial charge in [-0.05, 0) is 31.3 Å². The van der Waals surface area contributed by atoms with Gasteiger partial charge in [0.15, 0.2) is 0 Å². The Bertz CT molecular complexity index is 143. The fraction of sp³-hybridized carbons (Fsp3) is 1.00. The Morgan fingerprint density at radius 3 is 2.15 bits per heavy atom. The molecule has 0 amide bonds. The van der Waals surface area contributed by atoms with Crippen LogP contribution in [0.5, 0.6) is 0 Å². The highest BCUT2D eigenvalue weighted by Gasteiger charge is 2.23. The Morgan fingerprint density at radius 2 is 1.69 bits per heavy atom. The van der Waals surface area contributed by atoms with E-state index in [4.69, 9.17) is 5.73 Å². The maximum atomic E-state index is 6.14. The number of hydrogen-bond acceptors (Lipinski definition) is 2. The number of likely N-dealkylation sites (tertiary alicyclic amines) is 1. The predicted octanol–water partition coefficient (Wildman–Crippen LogP) is 1.85. The molecule has 1 atom stereocenters. The molecule has 13 heavy (non-hydrogen) atoms. The van der Waals surface area contributed by atoms with Crippen molar-refractivity contribution >= 4 is 0 Å². The minimum absolute atomic E-state index is 0.247. The molecule has 1 rings (SSSR count). The van der Waals surface area contributed by atoms with Crippen molar-refractivity contribution in [3.63, 3.8) is 0 Å². The zero-order valence-electron chi connectivity index (χ0n) is 9.34. The first-order valence-electron chi connectivity index (χ1n) is 5.48. The number of nitrogens with two attached hydrogens (primary N) is 1. The van der Waals surface area contributed by atoms with Crippen LogP contribution in [0.15, 0.2) is 0 Å². The third-order valence-electron chi connectivity index (χ3n) is 3.02. The second-order valence-electron chi connectivity index (χ2n) is 5.33. The van der Waals surface area contributed by atoms with Crippen molar-refractivity contribution in [3.8, 4) is 0 Å². The minimum atomic E-state index is 0.247. The molecule has 2 N–H and O–H groups in total. The number of rotatable bonds is 2. The van der Waals surface area contributed by atoms with E-state index in [9.17, 15) is 0 Å². The van der Waals surface area contributed by atoms with Crippen molar-refractivity contribution in [2.24, 2.45) is 11.1 Å². The minimum Gasteiger partial charge on any atom is -0.326 e. The number of nitrogens with zero attached hydrogens (tertiary/aromatic N) is 1. The van der Waals surface area contributed by atoms with E-state index in [0.29, 0.717) is 6.04 Å². The molecule has 1 fully saturated rings. The zero-order chi connectivity index (χ0) is 9.90. The quantitative estimate of drug-likeness (QED) is 0.709. The van der Waals surface area contributed by atoms with E-state index in [1.54, 1.807) is 0 Å². The average molecular weight is 184 g/mol. The molecule has 1 aliphatic rings. The lowest BCUT2D eigenvalue weighted by Crippen LogP contribution is -2.46. The van der Waals surface area contributed by atoms with Crippen LogP contribution in [0.1, 0.15) is 40.0 Å². The summed E-state index contributed by atoms with van der Waals surface area (Å²) in [6.45, 7) is 10.3. The standard InChI is InChI=1S/C11H24N2/c1-11(2,3)10(12)9-13-7-5-4-6-8-13/h10H,4-9,12H2,1-3H3/t10-/m1/s1. The first kappa shape index (κ1) is 11.0. The van der Waals surface area contributed by atoms with Crippen molar-refractivity contribution in [2.45, 2.75) is 46.1 Å². The van der Waals surface area contributed by atoms with Gasteiger partial charge in [-0.15, -0.1) is 0 Å². The van der Waals surface area contributed by atoms with Crippen molar-refractivity contribution in [1.82, 2.24) is 4.90 Å². The van der Waals surface area contributed by atoms with Gasteiger partial charge >= 0.3 is 0 Å². The lowest BCUT2D eigenvalue weighted by molar-refractivity contribution is 0.174. The predicted molar refractivity (Wildman–Crippen MR) is 57.7 cm³/mol. The highest BCUT2D eigenvalue weighted by Crippen LogP contribution is 2.19. The van der Waals surface area contributed by atoms with Crippen molar-refractivity contribution in [2.75, 3.05) is 19.6 Å². The van der Waals surface area contributed by atoms with E-state index in [1.165, 1.54) is 32.4 Å². The van der Waals surface area contributed by atoms with Crippen LogP contribution in [0.4, 0.5) is 0 Å². The summed E-state index contributed by atoms with van der Waals surface area (Å²) in [5.74, 6) is 0. The van der Waals surface area contributed by atoms with E-state index < -0.39 is 0 Å². The van der Waals surface area contributed by atoms with Gasteiger partial charge in [-0.25, -0.2) is 0 Å². The molecule has 1 saturated heterocycles. The Labute approximate surface area is 82.5 Å². The summed E-state index contributed by atoms with van der Waals surface area (Å²) < 4.78 is 0. The molecule has 0 aromatic carbocycles. The van der Waals surface area contributed by atoms with Crippen LogP contribution in [0.25, 0.3) is 0 Å². The molecule has 0 bridgehead atoms. The Kier molecular flexibility index (Phi) is 3.74. The fourth-order valence-corrected chi connectivity index (χ4v) is 1.69. The van der Waals surface area contributed by atoms with E-state index >= 15 is 0 Å². The van der Waals surface area contributed by atoms with Crippen LogP contribution in [-0.4, -0.2) is 30.6 Å². The van der Waals surface area contributed by atoms with Crippen LogP contribution in [0.3, 0.4) is 0 Å². The summed E-state index contributed by atoms with van der Waals surface area (Å²) in [5, 5.41) is 0. The van der Waals surface area contributed by atoms with Gasteiger partial charge in [0, 0.05) is 12.6 Å². The van der Waals surface area contributed by atoms with Crippen molar-refractivity contribution in [3.05, 3.63) is 0 Å². The molecular weight excluding hydrogens is 160 g/mol. The van der Waals surface area contributed by atoms with Crippen LogP contribution >= 0.6 is 0 Å². The second-order valence-corrected chi connectivity index (χ2v) is 5.33. The molecule has 0 saturated carbocycles.